The minimum absolute atomic E-state index is 0.0397. The number of hydrogen-bond acceptors (Lipinski definition) is 6. The highest BCUT2D eigenvalue weighted by Gasteiger charge is 2.46. The first kappa shape index (κ1) is 29.4. The van der Waals surface area contributed by atoms with Crippen LogP contribution in [0.2, 0.25) is 0 Å². The monoisotopic (exact) mass is 570 g/mol. The number of benzene rings is 1. The zero-order valence-corrected chi connectivity index (χ0v) is 25.2. The molecule has 1 aromatic carbocycles. The Labute approximate surface area is 246 Å². The number of nitrogens with zero attached hydrogens (tertiary/aromatic N) is 5. The highest BCUT2D eigenvalue weighted by atomic mass is 16.3. The van der Waals surface area contributed by atoms with Crippen LogP contribution in [0.4, 0.5) is 11.4 Å². The number of rotatable bonds is 10. The second-order valence-electron chi connectivity index (χ2n) is 11.5. The zero-order valence-electron chi connectivity index (χ0n) is 25.2. The highest BCUT2D eigenvalue weighted by molar-refractivity contribution is 6.14. The first-order valence-electron chi connectivity index (χ1n) is 14.6. The summed E-state index contributed by atoms with van der Waals surface area (Å²) in [6, 6.07) is 13.9. The van der Waals surface area contributed by atoms with E-state index in [0.717, 1.165) is 48.6 Å². The molecule has 4 heterocycles. The second kappa shape index (κ2) is 12.0. The van der Waals surface area contributed by atoms with Gasteiger partial charge in [0.25, 0.3) is 5.56 Å². The van der Waals surface area contributed by atoms with Crippen LogP contribution in [-0.2, 0) is 29.1 Å². The van der Waals surface area contributed by atoms with Crippen LogP contribution in [0, 0.1) is 12.8 Å². The molecule has 0 N–H and O–H groups in total. The molecule has 9 heteroatoms. The standard InChI is InChI=1S/C33H40N5O4/c1-6-38(5)29-10-9-25(21-28(29)35(4)31(39)24(3)33(38)41)8-7-16-36(22-26-11-14-34-15-12-26)18-19-37-17-13-30-27(32(37)40)20-23(2)42-30/h9-15,17,20-21,24H,6-8,16,18-19,22H2,1-5H3/q+1. The fraction of sp³-hybridized carbons (Fsp3) is 0.394. The number of fused-ring (bicyclic) bond motifs is 2. The average Bonchev–Trinajstić information content (AvgIpc) is 3.38. The van der Waals surface area contributed by atoms with Crippen molar-refractivity contribution in [1.29, 1.82) is 0 Å². The first-order chi connectivity index (χ1) is 20.1. The van der Waals surface area contributed by atoms with Crippen LogP contribution in [0.1, 0.15) is 37.2 Å². The van der Waals surface area contributed by atoms with Gasteiger partial charge in [-0.25, -0.2) is 9.28 Å². The van der Waals surface area contributed by atoms with Crippen LogP contribution in [0.5, 0.6) is 0 Å². The van der Waals surface area contributed by atoms with Crippen molar-refractivity contribution in [3.63, 3.8) is 0 Å². The van der Waals surface area contributed by atoms with Crippen molar-refractivity contribution in [2.75, 3.05) is 38.6 Å². The molecule has 2 unspecified atom stereocenters. The van der Waals surface area contributed by atoms with Gasteiger partial charge in [0.15, 0.2) is 11.6 Å². The Bertz CT molecular complexity index is 1660. The number of amides is 2. The van der Waals surface area contributed by atoms with Gasteiger partial charge in [-0.15, -0.1) is 0 Å². The molecule has 220 valence electrons. The SMILES string of the molecule is CC[N+]1(C)C(=O)C(C)C(=O)N(C)c2cc(CCCN(CCn3ccc4oc(C)cc4c3=O)Cc3ccncc3)ccc21. The number of pyridine rings is 2. The molecule has 0 spiro atoms. The quantitative estimate of drug-likeness (QED) is 0.206. The summed E-state index contributed by atoms with van der Waals surface area (Å²) in [5, 5.41) is 0.608. The van der Waals surface area contributed by atoms with E-state index >= 15 is 0 Å². The second-order valence-corrected chi connectivity index (χ2v) is 11.5. The van der Waals surface area contributed by atoms with Gasteiger partial charge in [-0.05, 0) is 81.6 Å². The van der Waals surface area contributed by atoms with E-state index < -0.39 is 5.92 Å². The number of aryl methyl sites for hydroxylation is 2. The van der Waals surface area contributed by atoms with Crippen LogP contribution in [0.25, 0.3) is 11.0 Å². The first-order valence-corrected chi connectivity index (χ1v) is 14.6. The van der Waals surface area contributed by atoms with Gasteiger partial charge in [-0.1, -0.05) is 6.07 Å². The summed E-state index contributed by atoms with van der Waals surface area (Å²) in [6.45, 7) is 8.97. The van der Waals surface area contributed by atoms with Crippen molar-refractivity contribution < 1.29 is 14.0 Å². The third-order valence-corrected chi connectivity index (χ3v) is 8.66. The molecule has 0 saturated carbocycles. The van der Waals surface area contributed by atoms with E-state index in [2.05, 4.69) is 22.0 Å². The van der Waals surface area contributed by atoms with Gasteiger partial charge in [0, 0.05) is 51.3 Å². The van der Waals surface area contributed by atoms with Crippen LogP contribution in [-0.4, -0.2) is 60.0 Å². The molecule has 0 radical (unpaired) electrons. The Balaban J connectivity index is 1.32. The lowest BCUT2D eigenvalue weighted by Crippen LogP contribution is -2.53. The third-order valence-electron chi connectivity index (χ3n) is 8.66. The molecular formula is C33H40N5O4+. The number of carbonyl (C=O) groups excluding carboxylic acids is 2. The van der Waals surface area contributed by atoms with E-state index in [1.54, 1.807) is 48.1 Å². The van der Waals surface area contributed by atoms with Gasteiger partial charge in [-0.3, -0.25) is 19.5 Å². The third kappa shape index (κ3) is 5.67. The minimum Gasteiger partial charge on any atom is -0.461 e. The maximum absolute atomic E-state index is 13.2. The Kier molecular flexibility index (Phi) is 8.43. The summed E-state index contributed by atoms with van der Waals surface area (Å²) >= 11 is 0. The molecule has 0 fully saturated rings. The average molecular weight is 571 g/mol. The van der Waals surface area contributed by atoms with Gasteiger partial charge in [-0.2, -0.15) is 0 Å². The van der Waals surface area contributed by atoms with Crippen molar-refractivity contribution in [3.8, 4) is 0 Å². The van der Waals surface area contributed by atoms with Gasteiger partial charge in [0.05, 0.1) is 19.0 Å². The molecule has 2 amide bonds. The van der Waals surface area contributed by atoms with Crippen LogP contribution >= 0.6 is 0 Å². The van der Waals surface area contributed by atoms with E-state index in [4.69, 9.17) is 4.42 Å². The molecule has 5 rings (SSSR count). The number of carbonyl (C=O) groups is 2. The molecule has 1 aliphatic rings. The summed E-state index contributed by atoms with van der Waals surface area (Å²) in [5.41, 5.74) is 4.53. The van der Waals surface area contributed by atoms with E-state index in [9.17, 15) is 14.4 Å². The molecule has 3 aromatic heterocycles. The molecule has 1 aliphatic heterocycles. The van der Waals surface area contributed by atoms with E-state index in [1.165, 1.54) is 5.56 Å². The molecule has 4 aromatic rings. The predicted octanol–water partition coefficient (Wildman–Crippen LogP) is 4.53. The Morgan fingerprint density at radius 2 is 1.79 bits per heavy atom. The Morgan fingerprint density at radius 1 is 1.02 bits per heavy atom. The molecular weight excluding hydrogens is 530 g/mol. The summed E-state index contributed by atoms with van der Waals surface area (Å²) in [7, 11) is 3.66. The predicted molar refractivity (Wildman–Crippen MR) is 165 cm³/mol. The lowest BCUT2D eigenvalue weighted by Gasteiger charge is -2.31. The van der Waals surface area contributed by atoms with Gasteiger partial charge in [0.2, 0.25) is 5.91 Å². The van der Waals surface area contributed by atoms with Crippen molar-refractivity contribution in [1.82, 2.24) is 18.9 Å². The summed E-state index contributed by atoms with van der Waals surface area (Å²) < 4.78 is 7.48. The molecule has 9 nitrogen and oxygen atoms in total. The zero-order chi connectivity index (χ0) is 30.0. The Hall–Kier alpha value is -4.08. The Morgan fingerprint density at radius 3 is 2.52 bits per heavy atom. The molecule has 0 bridgehead atoms. The largest absolute Gasteiger partial charge is 0.461 e. The minimum atomic E-state index is -0.691. The number of furan rings is 1. The maximum atomic E-state index is 13.2. The van der Waals surface area contributed by atoms with E-state index in [-0.39, 0.29) is 21.9 Å². The normalized spacial score (nSPS) is 19.0. The molecule has 0 saturated heterocycles. The highest BCUT2D eigenvalue weighted by Crippen LogP contribution is 2.38. The summed E-state index contributed by atoms with van der Waals surface area (Å²) in [4.78, 5) is 47.5. The maximum Gasteiger partial charge on any atom is 0.330 e. The summed E-state index contributed by atoms with van der Waals surface area (Å²) in [5.74, 6) is -0.208. The van der Waals surface area contributed by atoms with E-state index in [1.807, 2.05) is 45.2 Å². The topological polar surface area (TPSA) is 88.7 Å². The number of aromatic nitrogens is 2. The van der Waals surface area contributed by atoms with Crippen molar-refractivity contribution in [2.45, 2.75) is 46.7 Å². The number of quaternary nitrogens is 1. The van der Waals surface area contributed by atoms with Crippen molar-refractivity contribution >= 4 is 34.2 Å². The summed E-state index contributed by atoms with van der Waals surface area (Å²) in [6.07, 6.45) is 7.12. The lowest BCUT2D eigenvalue weighted by molar-refractivity contribution is -0.138. The van der Waals surface area contributed by atoms with Crippen LogP contribution in [0.15, 0.2) is 70.3 Å². The van der Waals surface area contributed by atoms with Gasteiger partial charge >= 0.3 is 5.91 Å². The van der Waals surface area contributed by atoms with Crippen molar-refractivity contribution in [2.24, 2.45) is 5.92 Å². The van der Waals surface area contributed by atoms with Crippen LogP contribution < -0.4 is 14.9 Å². The van der Waals surface area contributed by atoms with Crippen LogP contribution in [0.3, 0.4) is 0 Å². The lowest BCUT2D eigenvalue weighted by atomic mass is 10.1. The molecule has 2 atom stereocenters. The fourth-order valence-electron chi connectivity index (χ4n) is 5.95. The molecule has 42 heavy (non-hydrogen) atoms. The smallest absolute Gasteiger partial charge is 0.330 e. The van der Waals surface area contributed by atoms with Gasteiger partial charge in [0.1, 0.15) is 17.0 Å². The van der Waals surface area contributed by atoms with Gasteiger partial charge < -0.3 is 13.9 Å². The van der Waals surface area contributed by atoms with Crippen molar-refractivity contribution in [3.05, 3.63) is 88.3 Å². The fourth-order valence-corrected chi connectivity index (χ4v) is 5.95. The number of hydrogen-bond donors (Lipinski definition) is 0. The molecule has 0 aliphatic carbocycles. The number of anilines is 1. The van der Waals surface area contributed by atoms with E-state index in [0.29, 0.717) is 30.6 Å².